The standard InChI is InChI=1S/C26H17Cl/c27-26-13-7-6-12-23(26)25-17-20-15-14-19(18-8-2-1-3-9-18)16-24(20)21-10-4-5-11-22(21)25/h1-17H. The van der Waals surface area contributed by atoms with Gasteiger partial charge in [-0.1, -0.05) is 96.5 Å². The number of hydrogen-bond donors (Lipinski definition) is 0. The largest absolute Gasteiger partial charge is 0.0837 e. The second kappa shape index (κ2) is 6.57. The molecule has 0 unspecified atom stereocenters. The van der Waals surface area contributed by atoms with E-state index in [4.69, 9.17) is 11.6 Å². The molecular weight excluding hydrogens is 348 g/mol. The van der Waals surface area contributed by atoms with Crippen LogP contribution in [0.25, 0.3) is 43.8 Å². The lowest BCUT2D eigenvalue weighted by Crippen LogP contribution is -1.86. The van der Waals surface area contributed by atoms with E-state index in [-0.39, 0.29) is 0 Å². The Hall–Kier alpha value is -3.09. The van der Waals surface area contributed by atoms with Gasteiger partial charge >= 0.3 is 0 Å². The van der Waals surface area contributed by atoms with Crippen LogP contribution in [0.1, 0.15) is 0 Å². The topological polar surface area (TPSA) is 0 Å². The van der Waals surface area contributed by atoms with Crippen molar-refractivity contribution in [1.82, 2.24) is 0 Å². The third kappa shape index (κ3) is 2.79. The molecule has 0 aliphatic heterocycles. The van der Waals surface area contributed by atoms with Gasteiger partial charge in [0.1, 0.15) is 0 Å². The molecule has 0 fully saturated rings. The molecule has 0 bridgehead atoms. The number of rotatable bonds is 2. The van der Waals surface area contributed by atoms with Crippen LogP contribution in [-0.2, 0) is 0 Å². The number of hydrogen-bond acceptors (Lipinski definition) is 0. The predicted octanol–water partition coefficient (Wildman–Crippen LogP) is 7.98. The average Bonchev–Trinajstić information content (AvgIpc) is 2.74. The lowest BCUT2D eigenvalue weighted by Gasteiger charge is -2.13. The van der Waals surface area contributed by atoms with Crippen molar-refractivity contribution in [3.05, 3.63) is 108 Å². The lowest BCUT2D eigenvalue weighted by atomic mass is 9.91. The van der Waals surface area contributed by atoms with Gasteiger partial charge in [0.05, 0.1) is 0 Å². The Kier molecular flexibility index (Phi) is 3.92. The first-order chi connectivity index (χ1) is 13.3. The molecule has 1 heteroatoms. The third-order valence-corrected chi connectivity index (χ3v) is 5.46. The minimum absolute atomic E-state index is 0.780. The molecule has 0 heterocycles. The van der Waals surface area contributed by atoms with Crippen LogP contribution in [0.3, 0.4) is 0 Å². The van der Waals surface area contributed by atoms with Gasteiger partial charge in [-0.05, 0) is 56.4 Å². The van der Waals surface area contributed by atoms with E-state index >= 15 is 0 Å². The van der Waals surface area contributed by atoms with Crippen molar-refractivity contribution >= 4 is 33.1 Å². The first-order valence-electron chi connectivity index (χ1n) is 9.07. The second-order valence-corrected chi connectivity index (χ2v) is 7.16. The zero-order valence-electron chi connectivity index (χ0n) is 14.7. The maximum atomic E-state index is 6.52. The predicted molar refractivity (Wildman–Crippen MR) is 117 cm³/mol. The molecule has 0 saturated carbocycles. The number of fused-ring (bicyclic) bond motifs is 3. The number of halogens is 1. The minimum atomic E-state index is 0.780. The van der Waals surface area contributed by atoms with E-state index in [2.05, 4.69) is 84.9 Å². The highest BCUT2D eigenvalue weighted by molar-refractivity contribution is 6.34. The zero-order chi connectivity index (χ0) is 18.2. The summed E-state index contributed by atoms with van der Waals surface area (Å²) in [6.45, 7) is 0. The molecule has 5 aromatic carbocycles. The summed E-state index contributed by atoms with van der Waals surface area (Å²) in [6, 6.07) is 36.1. The highest BCUT2D eigenvalue weighted by Gasteiger charge is 2.11. The summed E-state index contributed by atoms with van der Waals surface area (Å²) in [5.74, 6) is 0. The van der Waals surface area contributed by atoms with E-state index in [0.29, 0.717) is 0 Å². The van der Waals surface area contributed by atoms with Crippen molar-refractivity contribution in [2.45, 2.75) is 0 Å². The fourth-order valence-corrected chi connectivity index (χ4v) is 4.05. The highest BCUT2D eigenvalue weighted by atomic mass is 35.5. The van der Waals surface area contributed by atoms with Crippen molar-refractivity contribution in [2.75, 3.05) is 0 Å². The highest BCUT2D eigenvalue weighted by Crippen LogP contribution is 2.38. The first-order valence-corrected chi connectivity index (χ1v) is 9.45. The molecule has 0 atom stereocenters. The lowest BCUT2D eigenvalue weighted by molar-refractivity contribution is 1.64. The molecule has 0 saturated heterocycles. The van der Waals surface area contributed by atoms with Gasteiger partial charge < -0.3 is 0 Å². The van der Waals surface area contributed by atoms with E-state index in [1.165, 1.54) is 38.2 Å². The average molecular weight is 365 g/mol. The van der Waals surface area contributed by atoms with Crippen molar-refractivity contribution in [1.29, 1.82) is 0 Å². The summed E-state index contributed by atoms with van der Waals surface area (Å²) < 4.78 is 0. The van der Waals surface area contributed by atoms with Gasteiger partial charge in [-0.2, -0.15) is 0 Å². The molecule has 5 aromatic rings. The van der Waals surface area contributed by atoms with E-state index < -0.39 is 0 Å². The monoisotopic (exact) mass is 364 g/mol. The van der Waals surface area contributed by atoms with Gasteiger partial charge in [0, 0.05) is 10.6 Å². The number of benzene rings is 5. The van der Waals surface area contributed by atoms with Crippen LogP contribution in [0.4, 0.5) is 0 Å². The molecule has 0 aliphatic rings. The molecule has 0 aromatic heterocycles. The summed E-state index contributed by atoms with van der Waals surface area (Å²) >= 11 is 6.52. The molecule has 0 aliphatic carbocycles. The zero-order valence-corrected chi connectivity index (χ0v) is 15.4. The smallest absolute Gasteiger partial charge is 0.0484 e. The maximum Gasteiger partial charge on any atom is 0.0484 e. The molecule has 0 amide bonds. The quantitative estimate of drug-likeness (QED) is 0.278. The second-order valence-electron chi connectivity index (χ2n) is 6.75. The first kappa shape index (κ1) is 16.1. The van der Waals surface area contributed by atoms with Gasteiger partial charge in [-0.3, -0.25) is 0 Å². The summed E-state index contributed by atoms with van der Waals surface area (Å²) in [5, 5.41) is 5.75. The van der Waals surface area contributed by atoms with Crippen LogP contribution >= 0.6 is 11.6 Å². The van der Waals surface area contributed by atoms with E-state index in [1.807, 2.05) is 18.2 Å². The third-order valence-electron chi connectivity index (χ3n) is 5.13. The minimum Gasteiger partial charge on any atom is -0.0837 e. The summed E-state index contributed by atoms with van der Waals surface area (Å²) in [6.07, 6.45) is 0. The Morgan fingerprint density at radius 1 is 0.444 bits per heavy atom. The Morgan fingerprint density at radius 2 is 1.15 bits per heavy atom. The fourth-order valence-electron chi connectivity index (χ4n) is 3.81. The molecule has 128 valence electrons. The van der Waals surface area contributed by atoms with Gasteiger partial charge in [-0.25, -0.2) is 0 Å². The Labute approximate surface area is 163 Å². The summed E-state index contributed by atoms with van der Waals surface area (Å²) in [5.41, 5.74) is 4.72. The van der Waals surface area contributed by atoms with Gasteiger partial charge in [0.25, 0.3) is 0 Å². The van der Waals surface area contributed by atoms with E-state index in [0.717, 1.165) is 10.6 Å². The van der Waals surface area contributed by atoms with Crippen molar-refractivity contribution in [3.63, 3.8) is 0 Å². The Balaban J connectivity index is 1.84. The normalized spacial score (nSPS) is 11.1. The van der Waals surface area contributed by atoms with Crippen molar-refractivity contribution in [2.24, 2.45) is 0 Å². The Bertz CT molecular complexity index is 1270. The van der Waals surface area contributed by atoms with Gasteiger partial charge in [0.2, 0.25) is 0 Å². The van der Waals surface area contributed by atoms with Crippen LogP contribution in [0.2, 0.25) is 5.02 Å². The molecule has 0 radical (unpaired) electrons. The van der Waals surface area contributed by atoms with Crippen LogP contribution in [0.15, 0.2) is 103 Å². The molecule has 27 heavy (non-hydrogen) atoms. The SMILES string of the molecule is Clc1ccccc1-c1cc2ccc(-c3ccccc3)cc2c2ccccc12. The Morgan fingerprint density at radius 3 is 1.96 bits per heavy atom. The summed E-state index contributed by atoms with van der Waals surface area (Å²) in [7, 11) is 0. The molecule has 0 spiro atoms. The maximum absolute atomic E-state index is 6.52. The molecule has 5 rings (SSSR count). The summed E-state index contributed by atoms with van der Waals surface area (Å²) in [4.78, 5) is 0. The fraction of sp³-hybridized carbons (Fsp3) is 0. The van der Waals surface area contributed by atoms with Crippen LogP contribution in [0.5, 0.6) is 0 Å². The van der Waals surface area contributed by atoms with Gasteiger partial charge in [-0.15, -0.1) is 0 Å². The van der Waals surface area contributed by atoms with Gasteiger partial charge in [0.15, 0.2) is 0 Å². The van der Waals surface area contributed by atoms with Crippen molar-refractivity contribution in [3.8, 4) is 22.3 Å². The van der Waals surface area contributed by atoms with Crippen LogP contribution < -0.4 is 0 Å². The molecule has 0 N–H and O–H groups in total. The van der Waals surface area contributed by atoms with Crippen molar-refractivity contribution < 1.29 is 0 Å². The van der Waals surface area contributed by atoms with E-state index in [9.17, 15) is 0 Å². The van der Waals surface area contributed by atoms with E-state index in [1.54, 1.807) is 0 Å². The van der Waals surface area contributed by atoms with Crippen LogP contribution in [0, 0.1) is 0 Å². The van der Waals surface area contributed by atoms with Crippen LogP contribution in [-0.4, -0.2) is 0 Å². The molecule has 0 nitrogen and oxygen atoms in total. The molecular formula is C26H17Cl.